The van der Waals surface area contributed by atoms with Crippen LogP contribution in [-0.2, 0) is 4.74 Å². The summed E-state index contributed by atoms with van der Waals surface area (Å²) >= 11 is 0. The molecule has 24 heavy (non-hydrogen) atoms. The molecule has 0 amide bonds. The quantitative estimate of drug-likeness (QED) is 0.539. The molecule has 1 fully saturated rings. The summed E-state index contributed by atoms with van der Waals surface area (Å²) in [6, 6.07) is 5.31. The Labute approximate surface area is 144 Å². The van der Waals surface area contributed by atoms with Crippen LogP contribution in [-0.4, -0.2) is 56.2 Å². The predicted octanol–water partition coefficient (Wildman–Crippen LogP) is 3.17. The molecule has 134 valence electrons. The van der Waals surface area contributed by atoms with E-state index in [-0.39, 0.29) is 5.78 Å². The van der Waals surface area contributed by atoms with E-state index in [9.17, 15) is 4.79 Å². The summed E-state index contributed by atoms with van der Waals surface area (Å²) < 4.78 is 16.9. The normalized spacial score (nSPS) is 21.5. The van der Waals surface area contributed by atoms with E-state index in [1.807, 2.05) is 0 Å². The molecule has 1 heterocycles. The summed E-state index contributed by atoms with van der Waals surface area (Å²) in [5, 5.41) is 0. The first-order valence-corrected chi connectivity index (χ1v) is 8.69. The maximum absolute atomic E-state index is 11.4. The van der Waals surface area contributed by atoms with Crippen molar-refractivity contribution in [1.82, 2.24) is 4.90 Å². The van der Waals surface area contributed by atoms with Gasteiger partial charge in [-0.3, -0.25) is 9.69 Å². The number of ketones is 1. The number of ether oxygens (including phenoxy) is 3. The molecule has 0 N–H and O–H groups in total. The molecule has 0 bridgehead atoms. The molecule has 2 rings (SSSR count). The van der Waals surface area contributed by atoms with E-state index < -0.39 is 0 Å². The van der Waals surface area contributed by atoms with Crippen molar-refractivity contribution in [3.63, 3.8) is 0 Å². The van der Waals surface area contributed by atoms with Crippen LogP contribution in [0.1, 0.15) is 44.0 Å². The van der Waals surface area contributed by atoms with Crippen LogP contribution in [0.2, 0.25) is 0 Å². The zero-order chi connectivity index (χ0) is 17.5. The Morgan fingerprint density at radius 3 is 2.54 bits per heavy atom. The van der Waals surface area contributed by atoms with Crippen LogP contribution in [0.15, 0.2) is 18.2 Å². The molecule has 0 aromatic heterocycles. The van der Waals surface area contributed by atoms with Crippen molar-refractivity contribution in [1.29, 1.82) is 0 Å². The fourth-order valence-corrected chi connectivity index (χ4v) is 3.09. The first-order valence-electron chi connectivity index (χ1n) is 8.69. The molecule has 1 saturated heterocycles. The number of hydrogen-bond donors (Lipinski definition) is 0. The van der Waals surface area contributed by atoms with Gasteiger partial charge in [-0.05, 0) is 58.4 Å². The van der Waals surface area contributed by atoms with Crippen molar-refractivity contribution >= 4 is 5.78 Å². The second-order valence-corrected chi connectivity index (χ2v) is 6.49. The number of carbonyl (C=O) groups is 1. The third-order valence-electron chi connectivity index (χ3n) is 4.19. The fourth-order valence-electron chi connectivity index (χ4n) is 3.09. The van der Waals surface area contributed by atoms with Gasteiger partial charge in [0.05, 0.1) is 25.9 Å². The molecule has 2 atom stereocenters. The SMILES string of the molecule is COc1cc(C(C)=O)ccc1OCCCCN1C[C@H](C)O[C@@H](C)C1. The Kier molecular flexibility index (Phi) is 7.06. The first kappa shape index (κ1) is 18.7. The molecule has 1 aliphatic heterocycles. The lowest BCUT2D eigenvalue weighted by molar-refractivity contribution is -0.0682. The van der Waals surface area contributed by atoms with Gasteiger partial charge in [0.2, 0.25) is 0 Å². The van der Waals surface area contributed by atoms with Crippen LogP contribution >= 0.6 is 0 Å². The van der Waals surface area contributed by atoms with E-state index >= 15 is 0 Å². The molecule has 0 radical (unpaired) electrons. The Hall–Kier alpha value is -1.59. The van der Waals surface area contributed by atoms with Gasteiger partial charge >= 0.3 is 0 Å². The van der Waals surface area contributed by atoms with Gasteiger partial charge in [-0.15, -0.1) is 0 Å². The number of morpholine rings is 1. The van der Waals surface area contributed by atoms with Gasteiger partial charge in [0.25, 0.3) is 0 Å². The van der Waals surface area contributed by atoms with Gasteiger partial charge in [0, 0.05) is 18.7 Å². The van der Waals surface area contributed by atoms with E-state index in [4.69, 9.17) is 14.2 Å². The molecule has 5 nitrogen and oxygen atoms in total. The molecule has 1 aromatic carbocycles. The van der Waals surface area contributed by atoms with Gasteiger partial charge in [-0.2, -0.15) is 0 Å². The second-order valence-electron chi connectivity index (χ2n) is 6.49. The van der Waals surface area contributed by atoms with Crippen LogP contribution < -0.4 is 9.47 Å². The molecule has 5 heteroatoms. The average Bonchev–Trinajstić information content (AvgIpc) is 2.53. The average molecular weight is 335 g/mol. The highest BCUT2D eigenvalue weighted by Crippen LogP contribution is 2.28. The van der Waals surface area contributed by atoms with Gasteiger partial charge in [0.1, 0.15) is 0 Å². The smallest absolute Gasteiger partial charge is 0.161 e. The molecule has 1 aliphatic rings. The van der Waals surface area contributed by atoms with Gasteiger partial charge in [-0.1, -0.05) is 0 Å². The van der Waals surface area contributed by atoms with E-state index in [1.54, 1.807) is 32.2 Å². The first-order chi connectivity index (χ1) is 11.5. The molecular formula is C19H29NO4. The number of methoxy groups -OCH3 is 1. The van der Waals surface area contributed by atoms with E-state index in [0.29, 0.717) is 35.9 Å². The minimum Gasteiger partial charge on any atom is -0.493 e. The number of rotatable bonds is 8. The summed E-state index contributed by atoms with van der Waals surface area (Å²) in [5.74, 6) is 1.32. The number of carbonyl (C=O) groups excluding carboxylic acids is 1. The molecule has 0 spiro atoms. The maximum Gasteiger partial charge on any atom is 0.161 e. The fraction of sp³-hybridized carbons (Fsp3) is 0.632. The van der Waals surface area contributed by atoms with Gasteiger partial charge < -0.3 is 14.2 Å². The number of nitrogens with zero attached hydrogens (tertiary/aromatic N) is 1. The summed E-state index contributed by atoms with van der Waals surface area (Å²) in [4.78, 5) is 13.9. The van der Waals surface area contributed by atoms with Crippen molar-refractivity contribution < 1.29 is 19.0 Å². The Balaban J connectivity index is 1.73. The molecule has 0 saturated carbocycles. The lowest BCUT2D eigenvalue weighted by atomic mass is 10.1. The van der Waals surface area contributed by atoms with Crippen LogP contribution in [0.3, 0.4) is 0 Å². The van der Waals surface area contributed by atoms with Crippen molar-refractivity contribution in [2.45, 2.75) is 45.8 Å². The van der Waals surface area contributed by atoms with E-state index in [0.717, 1.165) is 32.5 Å². The highest BCUT2D eigenvalue weighted by atomic mass is 16.5. The molecule has 0 aliphatic carbocycles. The summed E-state index contributed by atoms with van der Waals surface area (Å²) in [6.07, 6.45) is 2.70. The monoisotopic (exact) mass is 335 g/mol. The number of Topliss-reactive ketones (excluding diaryl/α,β-unsaturated/α-hetero) is 1. The highest BCUT2D eigenvalue weighted by molar-refractivity contribution is 5.94. The molecule has 1 aromatic rings. The van der Waals surface area contributed by atoms with E-state index in [1.165, 1.54) is 0 Å². The Morgan fingerprint density at radius 2 is 1.92 bits per heavy atom. The van der Waals surface area contributed by atoms with Crippen molar-refractivity contribution in [3.05, 3.63) is 23.8 Å². The number of unbranched alkanes of at least 4 members (excludes halogenated alkanes) is 1. The summed E-state index contributed by atoms with van der Waals surface area (Å²) in [5.41, 5.74) is 0.634. The van der Waals surface area contributed by atoms with Crippen molar-refractivity contribution in [2.24, 2.45) is 0 Å². The lowest BCUT2D eigenvalue weighted by Gasteiger charge is -2.35. The summed E-state index contributed by atoms with van der Waals surface area (Å²) in [7, 11) is 1.59. The van der Waals surface area contributed by atoms with Crippen LogP contribution in [0.4, 0.5) is 0 Å². The van der Waals surface area contributed by atoms with Crippen molar-refractivity contribution in [3.8, 4) is 11.5 Å². The maximum atomic E-state index is 11.4. The highest BCUT2D eigenvalue weighted by Gasteiger charge is 2.21. The zero-order valence-electron chi connectivity index (χ0n) is 15.2. The summed E-state index contributed by atoms with van der Waals surface area (Å²) in [6.45, 7) is 9.53. The van der Waals surface area contributed by atoms with E-state index in [2.05, 4.69) is 18.7 Å². The van der Waals surface area contributed by atoms with Crippen LogP contribution in [0.5, 0.6) is 11.5 Å². The number of benzene rings is 1. The van der Waals surface area contributed by atoms with Crippen LogP contribution in [0, 0.1) is 0 Å². The second kappa shape index (κ2) is 9.04. The third-order valence-corrected chi connectivity index (χ3v) is 4.19. The van der Waals surface area contributed by atoms with Gasteiger partial charge in [-0.25, -0.2) is 0 Å². The largest absolute Gasteiger partial charge is 0.493 e. The minimum atomic E-state index is 0.0221. The number of hydrogen-bond acceptors (Lipinski definition) is 5. The molecule has 0 unspecified atom stereocenters. The Bertz CT molecular complexity index is 536. The standard InChI is InChI=1S/C19H29NO4/c1-14-12-20(13-15(2)24-14)9-5-6-10-23-18-8-7-17(16(3)21)11-19(18)22-4/h7-8,11,14-15H,5-6,9-10,12-13H2,1-4H3/t14-,15-/m0/s1. The Morgan fingerprint density at radius 1 is 1.21 bits per heavy atom. The predicted molar refractivity (Wildman–Crippen MR) is 94.2 cm³/mol. The topological polar surface area (TPSA) is 48.0 Å². The van der Waals surface area contributed by atoms with Crippen molar-refractivity contribution in [2.75, 3.05) is 33.4 Å². The van der Waals surface area contributed by atoms with Crippen LogP contribution in [0.25, 0.3) is 0 Å². The van der Waals surface area contributed by atoms with Gasteiger partial charge in [0.15, 0.2) is 17.3 Å². The lowest BCUT2D eigenvalue weighted by Crippen LogP contribution is -2.45. The minimum absolute atomic E-state index is 0.0221. The third kappa shape index (κ3) is 5.49. The molecular weight excluding hydrogens is 306 g/mol. The zero-order valence-corrected chi connectivity index (χ0v) is 15.2.